The minimum absolute atomic E-state index is 0.956. The summed E-state index contributed by atoms with van der Waals surface area (Å²) in [6.07, 6.45) is 8.54. The number of nitrogens with one attached hydrogen (secondary N) is 1. The van der Waals surface area contributed by atoms with E-state index in [-0.39, 0.29) is 0 Å². The maximum Gasteiger partial charge on any atom is 0.128 e. The average molecular weight is 190 g/mol. The van der Waals surface area contributed by atoms with E-state index >= 15 is 0 Å². The van der Waals surface area contributed by atoms with Crippen molar-refractivity contribution in [1.29, 1.82) is 0 Å². The molecular weight excluding hydrogens is 172 g/mol. The first-order valence-corrected chi connectivity index (χ1v) is 5.09. The van der Waals surface area contributed by atoms with Crippen LogP contribution in [-0.4, -0.2) is 12.0 Å². The van der Waals surface area contributed by atoms with Gasteiger partial charge in [0.05, 0.1) is 0 Å². The number of aryl methyl sites for hydroxylation is 1. The van der Waals surface area contributed by atoms with Crippen LogP contribution in [0.1, 0.15) is 30.9 Å². The number of rotatable bonds is 4. The predicted octanol–water partition coefficient (Wildman–Crippen LogP) is 3.25. The lowest BCUT2D eigenvalue weighted by Gasteiger charge is -2.03. The van der Waals surface area contributed by atoms with Crippen LogP contribution in [0.3, 0.4) is 0 Å². The molecule has 0 saturated heterocycles. The Kier molecular flexibility index (Phi) is 4.17. The maximum atomic E-state index is 4.31. The zero-order valence-corrected chi connectivity index (χ0v) is 9.17. The first kappa shape index (κ1) is 10.8. The number of aromatic nitrogens is 1. The molecule has 0 spiro atoms. The van der Waals surface area contributed by atoms with E-state index in [0.717, 1.165) is 12.2 Å². The van der Waals surface area contributed by atoms with E-state index in [9.17, 15) is 0 Å². The van der Waals surface area contributed by atoms with E-state index in [1.807, 2.05) is 13.2 Å². The number of unbranched alkanes of at least 4 members (excludes halogenated alkanes) is 1. The van der Waals surface area contributed by atoms with Crippen molar-refractivity contribution in [3.63, 3.8) is 0 Å². The van der Waals surface area contributed by atoms with Gasteiger partial charge in [0.25, 0.3) is 0 Å². The monoisotopic (exact) mass is 190 g/mol. The molecule has 0 amide bonds. The fraction of sp³-hybridized carbons (Fsp3) is 0.417. The second-order valence-electron chi connectivity index (χ2n) is 3.38. The highest BCUT2D eigenvalue weighted by molar-refractivity contribution is 5.54. The van der Waals surface area contributed by atoms with Crippen LogP contribution in [0.25, 0.3) is 6.08 Å². The Labute approximate surface area is 86.1 Å². The van der Waals surface area contributed by atoms with Crippen LogP contribution >= 0.6 is 0 Å². The molecule has 0 unspecified atom stereocenters. The van der Waals surface area contributed by atoms with Crippen molar-refractivity contribution < 1.29 is 0 Å². The number of allylic oxidation sites excluding steroid dienone is 1. The highest BCUT2D eigenvalue weighted by Gasteiger charge is 1.96. The summed E-state index contributed by atoms with van der Waals surface area (Å²) in [5, 5.41) is 3.05. The Balaban J connectivity index is 2.76. The number of hydrogen-bond acceptors (Lipinski definition) is 2. The molecule has 0 aliphatic rings. The van der Waals surface area contributed by atoms with Crippen LogP contribution in [0.15, 0.2) is 18.3 Å². The Bertz CT molecular complexity index is 316. The number of pyridine rings is 1. The molecule has 0 bridgehead atoms. The fourth-order valence-corrected chi connectivity index (χ4v) is 1.34. The first-order valence-electron chi connectivity index (χ1n) is 5.09. The molecule has 2 heteroatoms. The van der Waals surface area contributed by atoms with Gasteiger partial charge < -0.3 is 5.32 Å². The van der Waals surface area contributed by atoms with Crippen molar-refractivity contribution in [3.8, 4) is 0 Å². The van der Waals surface area contributed by atoms with Crippen LogP contribution in [0, 0.1) is 6.92 Å². The quantitative estimate of drug-likeness (QED) is 0.788. The highest BCUT2D eigenvalue weighted by Crippen LogP contribution is 2.13. The molecule has 1 aromatic heterocycles. The molecule has 0 aromatic carbocycles. The summed E-state index contributed by atoms with van der Waals surface area (Å²) in [5.41, 5.74) is 2.36. The molecule has 1 aromatic rings. The van der Waals surface area contributed by atoms with Gasteiger partial charge in [-0.3, -0.25) is 0 Å². The van der Waals surface area contributed by atoms with Crippen LogP contribution in [0.2, 0.25) is 0 Å². The average Bonchev–Trinajstić information content (AvgIpc) is 2.18. The van der Waals surface area contributed by atoms with Crippen molar-refractivity contribution in [2.45, 2.75) is 26.7 Å². The lowest BCUT2D eigenvalue weighted by Crippen LogP contribution is -1.95. The van der Waals surface area contributed by atoms with Gasteiger partial charge in [0.1, 0.15) is 5.82 Å². The topological polar surface area (TPSA) is 24.9 Å². The summed E-state index contributed by atoms with van der Waals surface area (Å²) in [6, 6.07) is 2.14. The van der Waals surface area contributed by atoms with Gasteiger partial charge in [-0.2, -0.15) is 0 Å². The van der Waals surface area contributed by atoms with Gasteiger partial charge in [-0.15, -0.1) is 0 Å². The zero-order valence-electron chi connectivity index (χ0n) is 9.17. The van der Waals surface area contributed by atoms with Gasteiger partial charge in [-0.05, 0) is 30.5 Å². The molecule has 0 aliphatic heterocycles. The third kappa shape index (κ3) is 2.87. The number of nitrogens with zero attached hydrogens (tertiary/aromatic N) is 1. The van der Waals surface area contributed by atoms with E-state index in [4.69, 9.17) is 0 Å². The number of hydrogen-bond donors (Lipinski definition) is 1. The first-order chi connectivity index (χ1) is 6.77. The normalized spacial score (nSPS) is 10.8. The predicted molar refractivity (Wildman–Crippen MR) is 62.5 cm³/mol. The summed E-state index contributed by atoms with van der Waals surface area (Å²) < 4.78 is 0. The number of anilines is 1. The molecular formula is C12H18N2. The molecule has 0 aliphatic carbocycles. The van der Waals surface area contributed by atoms with Crippen molar-refractivity contribution >= 4 is 11.9 Å². The van der Waals surface area contributed by atoms with Gasteiger partial charge >= 0.3 is 0 Å². The van der Waals surface area contributed by atoms with Crippen molar-refractivity contribution in [2.24, 2.45) is 0 Å². The fourth-order valence-electron chi connectivity index (χ4n) is 1.34. The van der Waals surface area contributed by atoms with Crippen molar-refractivity contribution in [2.75, 3.05) is 12.4 Å². The zero-order chi connectivity index (χ0) is 10.4. The maximum absolute atomic E-state index is 4.31. The van der Waals surface area contributed by atoms with E-state index < -0.39 is 0 Å². The minimum atomic E-state index is 0.956. The van der Waals surface area contributed by atoms with Gasteiger partial charge in [0.2, 0.25) is 0 Å². The summed E-state index contributed by atoms with van der Waals surface area (Å²) in [6.45, 7) is 4.24. The molecule has 76 valence electrons. The second kappa shape index (κ2) is 5.43. The molecule has 0 saturated carbocycles. The Morgan fingerprint density at radius 3 is 2.86 bits per heavy atom. The third-order valence-electron chi connectivity index (χ3n) is 2.10. The summed E-state index contributed by atoms with van der Waals surface area (Å²) in [4.78, 5) is 4.31. The Hall–Kier alpha value is -1.31. The summed E-state index contributed by atoms with van der Waals surface area (Å²) in [7, 11) is 1.89. The molecule has 0 fully saturated rings. The minimum Gasteiger partial charge on any atom is -0.373 e. The molecule has 0 radical (unpaired) electrons. The van der Waals surface area contributed by atoms with Crippen LogP contribution < -0.4 is 5.32 Å². The molecule has 2 nitrogen and oxygen atoms in total. The Morgan fingerprint density at radius 1 is 1.50 bits per heavy atom. The van der Waals surface area contributed by atoms with E-state index in [1.165, 1.54) is 17.5 Å². The Morgan fingerprint density at radius 2 is 2.29 bits per heavy atom. The lowest BCUT2D eigenvalue weighted by atomic mass is 10.2. The molecule has 1 N–H and O–H groups in total. The van der Waals surface area contributed by atoms with Gasteiger partial charge in [-0.1, -0.05) is 25.5 Å². The molecule has 0 atom stereocenters. The summed E-state index contributed by atoms with van der Waals surface area (Å²) in [5.74, 6) is 0.956. The van der Waals surface area contributed by atoms with Crippen LogP contribution in [0.5, 0.6) is 0 Å². The van der Waals surface area contributed by atoms with Gasteiger partial charge in [0.15, 0.2) is 0 Å². The van der Waals surface area contributed by atoms with E-state index in [1.54, 1.807) is 0 Å². The van der Waals surface area contributed by atoms with E-state index in [2.05, 4.69) is 42.4 Å². The molecule has 14 heavy (non-hydrogen) atoms. The molecule has 1 heterocycles. The third-order valence-corrected chi connectivity index (χ3v) is 2.10. The van der Waals surface area contributed by atoms with Gasteiger partial charge in [-0.25, -0.2) is 4.98 Å². The van der Waals surface area contributed by atoms with Crippen LogP contribution in [-0.2, 0) is 0 Å². The highest BCUT2D eigenvalue weighted by atomic mass is 15.0. The van der Waals surface area contributed by atoms with Crippen molar-refractivity contribution in [3.05, 3.63) is 29.5 Å². The van der Waals surface area contributed by atoms with Crippen molar-refractivity contribution in [1.82, 2.24) is 4.98 Å². The largest absolute Gasteiger partial charge is 0.373 e. The van der Waals surface area contributed by atoms with E-state index in [0.29, 0.717) is 0 Å². The van der Waals surface area contributed by atoms with Gasteiger partial charge in [0, 0.05) is 13.2 Å². The smallest absolute Gasteiger partial charge is 0.128 e. The molecule has 1 rings (SSSR count). The summed E-state index contributed by atoms with van der Waals surface area (Å²) >= 11 is 0. The lowest BCUT2D eigenvalue weighted by molar-refractivity contribution is 0.962. The SMILES string of the molecule is CCCC=Cc1cnc(NC)c(C)c1. The van der Waals surface area contributed by atoms with Crippen LogP contribution in [0.4, 0.5) is 5.82 Å². The standard InChI is InChI=1S/C12H18N2/c1-4-5-6-7-11-8-10(2)12(13-3)14-9-11/h6-9H,4-5H2,1-3H3,(H,13,14). The second-order valence-corrected chi connectivity index (χ2v) is 3.38.